The van der Waals surface area contributed by atoms with E-state index in [-0.39, 0.29) is 10.5 Å². The van der Waals surface area contributed by atoms with Gasteiger partial charge in [-0.15, -0.1) is 0 Å². The Labute approximate surface area is 171 Å². The van der Waals surface area contributed by atoms with Crippen LogP contribution in [-0.2, 0) is 10.0 Å². The van der Waals surface area contributed by atoms with Gasteiger partial charge in [0.2, 0.25) is 0 Å². The van der Waals surface area contributed by atoms with Gasteiger partial charge in [0.15, 0.2) is 0 Å². The minimum atomic E-state index is -3.86. The fourth-order valence-electron chi connectivity index (χ4n) is 2.33. The average molecular weight is 422 g/mol. The van der Waals surface area contributed by atoms with E-state index in [1.165, 1.54) is 30.3 Å². The maximum absolute atomic E-state index is 12.6. The lowest BCUT2D eigenvalue weighted by Gasteiger charge is -2.09. The number of sulfonamides is 1. The number of nitrogens with one attached hydrogen (secondary N) is 2. The van der Waals surface area contributed by atoms with Crippen LogP contribution in [0.5, 0.6) is 0 Å². The van der Waals surface area contributed by atoms with Crippen LogP contribution < -0.4 is 10.1 Å². The molecule has 28 heavy (non-hydrogen) atoms. The van der Waals surface area contributed by atoms with Gasteiger partial charge in [-0.3, -0.25) is 9.52 Å². The standard InChI is InChI=1S/C20H24ClN3O3S/c1-14(2)10-11-15(3)22-23-20(25)16-6-4-9-19(12-16)28(26,27)24-18-8-5-7-17(21)13-18/h4-9,12-14,24H,10-11H2,1-3H3,(H,23,25)/b22-15-. The average Bonchev–Trinajstić information content (AvgIpc) is 2.64. The summed E-state index contributed by atoms with van der Waals surface area (Å²) in [5.41, 5.74) is 3.83. The van der Waals surface area contributed by atoms with Crippen LogP contribution in [0.2, 0.25) is 5.02 Å². The predicted octanol–water partition coefficient (Wildman–Crippen LogP) is 4.68. The maximum atomic E-state index is 12.6. The Hall–Kier alpha value is -2.38. The monoisotopic (exact) mass is 421 g/mol. The van der Waals surface area contributed by atoms with Gasteiger partial charge >= 0.3 is 0 Å². The number of hydrogen-bond acceptors (Lipinski definition) is 4. The highest BCUT2D eigenvalue weighted by molar-refractivity contribution is 7.92. The van der Waals surface area contributed by atoms with Crippen molar-refractivity contribution in [3.05, 3.63) is 59.1 Å². The van der Waals surface area contributed by atoms with Gasteiger partial charge in [0.25, 0.3) is 15.9 Å². The first-order valence-corrected chi connectivity index (χ1v) is 10.8. The molecule has 0 spiro atoms. The van der Waals surface area contributed by atoms with Crippen LogP contribution in [0.15, 0.2) is 58.5 Å². The first kappa shape index (κ1) is 21.9. The summed E-state index contributed by atoms with van der Waals surface area (Å²) in [5, 5.41) is 4.49. The fraction of sp³-hybridized carbons (Fsp3) is 0.300. The highest BCUT2D eigenvalue weighted by atomic mass is 35.5. The van der Waals surface area contributed by atoms with Gasteiger partial charge in [-0.1, -0.05) is 37.6 Å². The zero-order valence-electron chi connectivity index (χ0n) is 16.1. The molecule has 0 aliphatic rings. The van der Waals surface area contributed by atoms with E-state index in [0.717, 1.165) is 18.6 Å². The Morgan fingerprint density at radius 2 is 1.86 bits per heavy atom. The van der Waals surface area contributed by atoms with Crippen LogP contribution in [0.1, 0.15) is 44.0 Å². The Bertz CT molecular complexity index is 972. The van der Waals surface area contributed by atoms with E-state index in [1.54, 1.807) is 18.2 Å². The number of hydrogen-bond donors (Lipinski definition) is 2. The van der Waals surface area contributed by atoms with Crippen molar-refractivity contribution in [2.75, 3.05) is 4.72 Å². The number of anilines is 1. The molecule has 0 heterocycles. The number of amides is 1. The molecular formula is C20H24ClN3O3S. The lowest BCUT2D eigenvalue weighted by Crippen LogP contribution is -2.20. The van der Waals surface area contributed by atoms with E-state index in [4.69, 9.17) is 11.6 Å². The van der Waals surface area contributed by atoms with Gasteiger partial charge in [0.05, 0.1) is 10.6 Å². The molecule has 0 bridgehead atoms. The second-order valence-corrected chi connectivity index (χ2v) is 8.98. The second kappa shape index (κ2) is 9.71. The topological polar surface area (TPSA) is 87.6 Å². The van der Waals surface area contributed by atoms with Gasteiger partial charge in [-0.05, 0) is 62.1 Å². The number of rotatable bonds is 8. The maximum Gasteiger partial charge on any atom is 0.271 e. The second-order valence-electron chi connectivity index (χ2n) is 6.86. The van der Waals surface area contributed by atoms with Crippen LogP contribution in [0.4, 0.5) is 5.69 Å². The van der Waals surface area contributed by atoms with E-state index in [2.05, 4.69) is 29.1 Å². The summed E-state index contributed by atoms with van der Waals surface area (Å²) in [5.74, 6) is 0.0819. The largest absolute Gasteiger partial charge is 0.280 e. The van der Waals surface area contributed by atoms with E-state index in [9.17, 15) is 13.2 Å². The quantitative estimate of drug-likeness (QED) is 0.479. The van der Waals surface area contributed by atoms with E-state index in [0.29, 0.717) is 16.6 Å². The molecule has 0 aliphatic heterocycles. The van der Waals surface area contributed by atoms with Crippen molar-refractivity contribution in [2.24, 2.45) is 11.0 Å². The number of nitrogens with zero attached hydrogens (tertiary/aromatic N) is 1. The SMILES string of the molecule is C/C(CCC(C)C)=N/NC(=O)c1cccc(S(=O)(=O)Nc2cccc(Cl)c2)c1. The molecule has 1 amide bonds. The Kier molecular flexibility index (Phi) is 7.60. The van der Waals surface area contributed by atoms with Gasteiger partial charge in [-0.25, -0.2) is 13.8 Å². The normalized spacial score (nSPS) is 12.1. The van der Waals surface area contributed by atoms with E-state index < -0.39 is 15.9 Å². The van der Waals surface area contributed by atoms with Gasteiger partial charge in [0, 0.05) is 16.3 Å². The van der Waals surface area contributed by atoms with Crippen LogP contribution in [0.25, 0.3) is 0 Å². The summed E-state index contributed by atoms with van der Waals surface area (Å²) in [6.07, 6.45) is 1.77. The minimum Gasteiger partial charge on any atom is -0.280 e. The number of halogens is 1. The summed E-state index contributed by atoms with van der Waals surface area (Å²) in [7, 11) is -3.86. The molecule has 2 aromatic carbocycles. The Morgan fingerprint density at radius 1 is 1.14 bits per heavy atom. The van der Waals surface area contributed by atoms with Crippen molar-refractivity contribution in [1.82, 2.24) is 5.43 Å². The smallest absolute Gasteiger partial charge is 0.271 e. The van der Waals surface area contributed by atoms with Crippen molar-refractivity contribution >= 4 is 38.9 Å². The molecule has 2 N–H and O–H groups in total. The third kappa shape index (κ3) is 6.65. The number of carbonyl (C=O) groups excluding carboxylic acids is 1. The third-order valence-electron chi connectivity index (χ3n) is 3.92. The minimum absolute atomic E-state index is 0.0272. The van der Waals surface area contributed by atoms with Crippen molar-refractivity contribution in [3.63, 3.8) is 0 Å². The number of carbonyl (C=O) groups is 1. The summed E-state index contributed by atoms with van der Waals surface area (Å²) in [6, 6.07) is 12.2. The molecule has 8 heteroatoms. The first-order valence-electron chi connectivity index (χ1n) is 8.89. The molecule has 0 radical (unpaired) electrons. The van der Waals surface area contributed by atoms with E-state index >= 15 is 0 Å². The van der Waals surface area contributed by atoms with Crippen LogP contribution in [0, 0.1) is 5.92 Å². The molecule has 150 valence electrons. The zero-order chi connectivity index (χ0) is 20.7. The lowest BCUT2D eigenvalue weighted by atomic mass is 10.1. The highest BCUT2D eigenvalue weighted by Gasteiger charge is 2.16. The molecule has 2 rings (SSSR count). The molecular weight excluding hydrogens is 398 g/mol. The molecule has 2 aromatic rings. The Balaban J connectivity index is 2.12. The summed E-state index contributed by atoms with van der Waals surface area (Å²) < 4.78 is 27.6. The first-order chi connectivity index (χ1) is 13.2. The molecule has 0 unspecified atom stereocenters. The van der Waals surface area contributed by atoms with Crippen LogP contribution >= 0.6 is 11.6 Å². The molecule has 0 saturated carbocycles. The zero-order valence-corrected chi connectivity index (χ0v) is 17.6. The lowest BCUT2D eigenvalue weighted by molar-refractivity contribution is 0.0954. The van der Waals surface area contributed by atoms with Gasteiger partial charge < -0.3 is 0 Å². The van der Waals surface area contributed by atoms with Gasteiger partial charge in [0.1, 0.15) is 0 Å². The highest BCUT2D eigenvalue weighted by Crippen LogP contribution is 2.20. The molecule has 6 nitrogen and oxygen atoms in total. The molecule has 0 saturated heterocycles. The van der Waals surface area contributed by atoms with Crippen molar-refractivity contribution in [3.8, 4) is 0 Å². The van der Waals surface area contributed by atoms with Crippen molar-refractivity contribution in [1.29, 1.82) is 0 Å². The van der Waals surface area contributed by atoms with Crippen LogP contribution in [-0.4, -0.2) is 20.0 Å². The van der Waals surface area contributed by atoms with Crippen molar-refractivity contribution in [2.45, 2.75) is 38.5 Å². The Morgan fingerprint density at radius 3 is 2.54 bits per heavy atom. The summed E-state index contributed by atoms with van der Waals surface area (Å²) >= 11 is 5.89. The predicted molar refractivity (Wildman–Crippen MR) is 113 cm³/mol. The fourth-order valence-corrected chi connectivity index (χ4v) is 3.62. The molecule has 0 aromatic heterocycles. The van der Waals surface area contributed by atoms with E-state index in [1.807, 2.05) is 6.92 Å². The summed E-state index contributed by atoms with van der Waals surface area (Å²) in [4.78, 5) is 12.3. The van der Waals surface area contributed by atoms with Gasteiger partial charge in [-0.2, -0.15) is 5.10 Å². The van der Waals surface area contributed by atoms with Crippen molar-refractivity contribution < 1.29 is 13.2 Å². The number of hydrazone groups is 1. The third-order valence-corrected chi connectivity index (χ3v) is 5.53. The van der Waals surface area contributed by atoms with Crippen LogP contribution in [0.3, 0.4) is 0 Å². The molecule has 0 fully saturated rings. The number of benzene rings is 2. The summed E-state index contributed by atoms with van der Waals surface area (Å²) in [6.45, 7) is 6.09. The molecule has 0 atom stereocenters. The molecule has 0 aliphatic carbocycles.